The highest BCUT2D eigenvalue weighted by Crippen LogP contribution is 2.39. The number of unbranched alkanes of at least 4 members (excludes halogenated alkanes) is 3. The average molecular weight is 643 g/mol. The molecule has 0 aliphatic carbocycles. The minimum Gasteiger partial charge on any atom is -0.467 e. The first-order valence-electron chi connectivity index (χ1n) is 16.5. The van der Waals surface area contributed by atoms with Crippen LogP contribution in [0.1, 0.15) is 60.8 Å². The van der Waals surface area contributed by atoms with Crippen LogP contribution in [0, 0.1) is 0 Å². The number of methoxy groups -OCH3 is 1. The second-order valence-electron chi connectivity index (χ2n) is 11.8. The number of benzene rings is 5. The molecule has 0 aliphatic heterocycles. The van der Waals surface area contributed by atoms with E-state index in [1.165, 1.54) is 7.11 Å². The van der Waals surface area contributed by atoms with Gasteiger partial charge in [0, 0.05) is 19.3 Å². The quantitative estimate of drug-likeness (QED) is 0.0506. The van der Waals surface area contributed by atoms with Gasteiger partial charge in [0.05, 0.1) is 7.11 Å². The SMILES string of the molecule is COC(=O)[C@H](Cc1cccc2ccccc12)NC(=O)CCCCCCC(=O)NOC(c1ccccc1)(c1ccccc1)c1ccccc1. The van der Waals surface area contributed by atoms with Gasteiger partial charge >= 0.3 is 5.97 Å². The lowest BCUT2D eigenvalue weighted by Crippen LogP contribution is -2.43. The molecule has 0 unspecified atom stereocenters. The molecule has 2 amide bonds. The van der Waals surface area contributed by atoms with E-state index in [2.05, 4.69) is 10.8 Å². The molecule has 0 fully saturated rings. The number of ether oxygens (including phenoxy) is 1. The molecule has 1 atom stereocenters. The highest BCUT2D eigenvalue weighted by molar-refractivity contribution is 5.88. The van der Waals surface area contributed by atoms with Crippen molar-refractivity contribution in [3.05, 3.63) is 156 Å². The predicted octanol–water partition coefficient (Wildman–Crippen LogP) is 7.42. The number of hydroxylamine groups is 1. The van der Waals surface area contributed by atoms with Crippen molar-refractivity contribution in [3.63, 3.8) is 0 Å². The van der Waals surface area contributed by atoms with E-state index in [9.17, 15) is 14.4 Å². The Balaban J connectivity index is 1.11. The van der Waals surface area contributed by atoms with E-state index in [4.69, 9.17) is 9.57 Å². The first kappa shape index (κ1) is 34.1. The van der Waals surface area contributed by atoms with Crippen molar-refractivity contribution in [1.29, 1.82) is 0 Å². The van der Waals surface area contributed by atoms with Crippen LogP contribution in [-0.2, 0) is 36.0 Å². The van der Waals surface area contributed by atoms with Crippen LogP contribution >= 0.6 is 0 Å². The van der Waals surface area contributed by atoms with Crippen LogP contribution in [0.5, 0.6) is 0 Å². The van der Waals surface area contributed by atoms with Crippen molar-refractivity contribution in [3.8, 4) is 0 Å². The van der Waals surface area contributed by atoms with Gasteiger partial charge in [-0.2, -0.15) is 0 Å². The van der Waals surface area contributed by atoms with Gasteiger partial charge < -0.3 is 10.1 Å². The topological polar surface area (TPSA) is 93.7 Å². The summed E-state index contributed by atoms with van der Waals surface area (Å²) in [6, 6.07) is 42.8. The van der Waals surface area contributed by atoms with E-state index in [0.29, 0.717) is 19.3 Å². The third kappa shape index (κ3) is 8.55. The van der Waals surface area contributed by atoms with Gasteiger partial charge in [-0.15, -0.1) is 0 Å². The van der Waals surface area contributed by atoms with E-state index >= 15 is 0 Å². The van der Waals surface area contributed by atoms with Gasteiger partial charge in [-0.1, -0.05) is 146 Å². The highest BCUT2D eigenvalue weighted by atomic mass is 16.7. The van der Waals surface area contributed by atoms with Gasteiger partial charge in [-0.05, 0) is 45.9 Å². The van der Waals surface area contributed by atoms with Gasteiger partial charge in [0.25, 0.3) is 0 Å². The lowest BCUT2D eigenvalue weighted by Gasteiger charge is -2.35. The van der Waals surface area contributed by atoms with Gasteiger partial charge in [0.15, 0.2) is 5.60 Å². The molecular weight excluding hydrogens is 600 g/mol. The zero-order valence-corrected chi connectivity index (χ0v) is 27.3. The summed E-state index contributed by atoms with van der Waals surface area (Å²) in [4.78, 5) is 44.8. The number of carbonyl (C=O) groups excluding carboxylic acids is 3. The molecule has 7 heteroatoms. The Morgan fingerprint density at radius 3 is 1.67 bits per heavy atom. The van der Waals surface area contributed by atoms with Crippen molar-refractivity contribution >= 4 is 28.6 Å². The van der Waals surface area contributed by atoms with Crippen molar-refractivity contribution in [2.75, 3.05) is 7.11 Å². The Morgan fingerprint density at radius 2 is 1.10 bits per heavy atom. The summed E-state index contributed by atoms with van der Waals surface area (Å²) >= 11 is 0. The van der Waals surface area contributed by atoms with Crippen LogP contribution < -0.4 is 10.8 Å². The van der Waals surface area contributed by atoms with Crippen LogP contribution in [0.3, 0.4) is 0 Å². The van der Waals surface area contributed by atoms with Gasteiger partial charge in [-0.25, -0.2) is 10.3 Å². The molecule has 0 saturated heterocycles. The number of hydrogen-bond donors (Lipinski definition) is 2. The summed E-state index contributed by atoms with van der Waals surface area (Å²) in [5, 5.41) is 4.99. The van der Waals surface area contributed by atoms with Crippen molar-refractivity contribution < 1.29 is 24.0 Å². The maximum Gasteiger partial charge on any atom is 0.328 e. The van der Waals surface area contributed by atoms with Gasteiger partial charge in [0.1, 0.15) is 6.04 Å². The fourth-order valence-electron chi connectivity index (χ4n) is 6.10. The van der Waals surface area contributed by atoms with Crippen LogP contribution in [0.25, 0.3) is 10.8 Å². The highest BCUT2D eigenvalue weighted by Gasteiger charge is 2.39. The standard InChI is InChI=1S/C41H42N2O5/c1-47-40(46)37(30-32-20-17-19-31-18-15-16-27-36(31)32)42-38(44)28-13-2-3-14-29-39(45)43-48-41(33-21-7-4-8-22-33,34-23-9-5-10-24-34)35-25-11-6-12-26-35/h4-12,15-27,37H,2-3,13-14,28-30H2,1H3,(H,42,44)(H,43,45)/t37-/m0/s1. The Labute approximate surface area is 282 Å². The Hall–Kier alpha value is -5.27. The molecule has 5 rings (SSSR count). The van der Waals surface area contributed by atoms with Crippen LogP contribution in [-0.4, -0.2) is 30.9 Å². The number of fused-ring (bicyclic) bond motifs is 1. The van der Waals surface area contributed by atoms with Gasteiger partial charge in [-0.3, -0.25) is 14.4 Å². The second-order valence-corrected chi connectivity index (χ2v) is 11.8. The summed E-state index contributed by atoms with van der Waals surface area (Å²) in [6.07, 6.45) is 3.76. The Morgan fingerprint density at radius 1 is 0.604 bits per heavy atom. The first-order valence-corrected chi connectivity index (χ1v) is 16.5. The largest absolute Gasteiger partial charge is 0.467 e. The number of nitrogens with one attached hydrogen (secondary N) is 2. The number of rotatable bonds is 16. The summed E-state index contributed by atoms with van der Waals surface area (Å²) in [6.45, 7) is 0. The molecule has 0 bridgehead atoms. The monoisotopic (exact) mass is 642 g/mol. The average Bonchev–Trinajstić information content (AvgIpc) is 3.14. The number of hydrogen-bond acceptors (Lipinski definition) is 5. The van der Waals surface area contributed by atoms with E-state index in [-0.39, 0.29) is 24.7 Å². The van der Waals surface area contributed by atoms with E-state index in [1.807, 2.05) is 133 Å². The summed E-state index contributed by atoms with van der Waals surface area (Å²) in [5.41, 5.74) is 5.37. The van der Waals surface area contributed by atoms with E-state index in [1.54, 1.807) is 0 Å². The fraction of sp³-hybridized carbons (Fsp3) is 0.244. The molecule has 48 heavy (non-hydrogen) atoms. The lowest BCUT2D eigenvalue weighted by atomic mass is 9.80. The molecule has 0 heterocycles. The van der Waals surface area contributed by atoms with Crippen LogP contribution in [0.4, 0.5) is 0 Å². The normalized spacial score (nSPS) is 11.9. The Kier molecular flexibility index (Phi) is 12.1. The Bertz CT molecular complexity index is 1670. The smallest absolute Gasteiger partial charge is 0.328 e. The van der Waals surface area contributed by atoms with E-state index in [0.717, 1.165) is 45.9 Å². The molecular formula is C41H42N2O5. The van der Waals surface area contributed by atoms with Crippen molar-refractivity contribution in [1.82, 2.24) is 10.8 Å². The fourth-order valence-corrected chi connectivity index (χ4v) is 6.10. The zero-order chi connectivity index (χ0) is 33.6. The maximum absolute atomic E-state index is 13.0. The third-order valence-corrected chi connectivity index (χ3v) is 8.54. The van der Waals surface area contributed by atoms with Crippen LogP contribution in [0.2, 0.25) is 0 Å². The van der Waals surface area contributed by atoms with Gasteiger partial charge in [0.2, 0.25) is 11.8 Å². The van der Waals surface area contributed by atoms with Crippen molar-refractivity contribution in [2.24, 2.45) is 0 Å². The molecule has 0 radical (unpaired) electrons. The molecule has 0 spiro atoms. The summed E-state index contributed by atoms with van der Waals surface area (Å²) in [7, 11) is 1.33. The molecule has 5 aromatic rings. The summed E-state index contributed by atoms with van der Waals surface area (Å²) in [5.74, 6) is -0.884. The molecule has 7 nitrogen and oxygen atoms in total. The van der Waals surface area contributed by atoms with E-state index < -0.39 is 17.6 Å². The minimum atomic E-state index is -1.04. The first-order chi connectivity index (χ1) is 23.5. The molecule has 2 N–H and O–H groups in total. The molecule has 246 valence electrons. The number of esters is 1. The third-order valence-electron chi connectivity index (χ3n) is 8.54. The molecule has 0 aromatic heterocycles. The maximum atomic E-state index is 13.0. The minimum absolute atomic E-state index is 0.198. The molecule has 0 saturated carbocycles. The number of amides is 2. The van der Waals surface area contributed by atoms with Crippen LogP contribution in [0.15, 0.2) is 133 Å². The lowest BCUT2D eigenvalue weighted by molar-refractivity contribution is -0.145. The summed E-state index contributed by atoms with van der Waals surface area (Å²) < 4.78 is 4.99. The molecule has 0 aliphatic rings. The second kappa shape index (κ2) is 17.0. The zero-order valence-electron chi connectivity index (χ0n) is 27.3. The molecule has 5 aromatic carbocycles. The van der Waals surface area contributed by atoms with Crippen molar-refractivity contribution in [2.45, 2.75) is 56.6 Å². The number of carbonyl (C=O) groups is 3. The predicted molar refractivity (Wildman–Crippen MR) is 188 cm³/mol.